The van der Waals surface area contributed by atoms with Gasteiger partial charge in [-0.25, -0.2) is 4.79 Å². The van der Waals surface area contributed by atoms with Crippen molar-refractivity contribution in [2.75, 3.05) is 4.90 Å². The number of amides is 1. The van der Waals surface area contributed by atoms with Gasteiger partial charge in [-0.2, -0.15) is 0 Å². The van der Waals surface area contributed by atoms with Crippen molar-refractivity contribution in [2.24, 2.45) is 5.16 Å². The molecule has 0 saturated carbocycles. The third-order valence-corrected chi connectivity index (χ3v) is 4.33. The van der Waals surface area contributed by atoms with Crippen LogP contribution in [-0.4, -0.2) is 17.6 Å². The van der Waals surface area contributed by atoms with Crippen molar-refractivity contribution in [1.82, 2.24) is 0 Å². The molecule has 0 bridgehead atoms. The van der Waals surface area contributed by atoms with Crippen molar-refractivity contribution in [1.29, 1.82) is 0 Å². The molecule has 5 heteroatoms. The summed E-state index contributed by atoms with van der Waals surface area (Å²) < 4.78 is 0. The molecular formula is C21H22N2O3. The predicted molar refractivity (Wildman–Crippen MR) is 101 cm³/mol. The van der Waals surface area contributed by atoms with Crippen LogP contribution in [0, 0.1) is 6.92 Å². The molecule has 0 unspecified atom stereocenters. The minimum atomic E-state index is -0.415. The summed E-state index contributed by atoms with van der Waals surface area (Å²) in [6.07, 6.45) is 1.95. The fourth-order valence-electron chi connectivity index (χ4n) is 2.85. The Bertz CT molecular complexity index is 841. The maximum Gasteiger partial charge on any atom is 0.335 e. The summed E-state index contributed by atoms with van der Waals surface area (Å²) in [6, 6.07) is 15.5. The number of hydrogen-bond acceptors (Lipinski definition) is 4. The van der Waals surface area contributed by atoms with Gasteiger partial charge in [-0.3, -0.25) is 4.79 Å². The van der Waals surface area contributed by atoms with Crippen LogP contribution in [0.3, 0.4) is 0 Å². The molecule has 0 saturated heterocycles. The molecule has 0 aliphatic carbocycles. The van der Waals surface area contributed by atoms with Gasteiger partial charge in [-0.1, -0.05) is 66.5 Å². The highest BCUT2D eigenvalue weighted by Crippen LogP contribution is 2.30. The molecule has 3 rings (SSSR count). The van der Waals surface area contributed by atoms with Gasteiger partial charge in [-0.15, -0.1) is 0 Å². The average molecular weight is 350 g/mol. The molecule has 0 radical (unpaired) electrons. The molecular weight excluding hydrogens is 328 g/mol. The fraction of sp³-hybridized carbons (Fsp3) is 0.286. The Labute approximate surface area is 153 Å². The standard InChI is InChI=1S/C21H22N2O3/c1-3-4-9-19(24)26-22-20-17-7-5-6-8-18(17)23(21(20)25)14-16-12-10-15(2)11-13-16/h5-8,10-13H,3-4,9,14H2,1-2H3/b22-20+. The Morgan fingerprint density at radius 1 is 1.12 bits per heavy atom. The summed E-state index contributed by atoms with van der Waals surface area (Å²) >= 11 is 0. The van der Waals surface area contributed by atoms with E-state index in [1.807, 2.05) is 62.4 Å². The Morgan fingerprint density at radius 3 is 2.58 bits per heavy atom. The molecule has 0 N–H and O–H groups in total. The first kappa shape index (κ1) is 17.9. The third kappa shape index (κ3) is 3.82. The summed E-state index contributed by atoms with van der Waals surface area (Å²) in [5.41, 5.74) is 3.84. The Kier molecular flexibility index (Phi) is 5.46. The molecule has 0 aromatic heterocycles. The molecule has 1 heterocycles. The molecule has 0 atom stereocenters. The van der Waals surface area contributed by atoms with Gasteiger partial charge < -0.3 is 9.74 Å². The van der Waals surface area contributed by atoms with Gasteiger partial charge in [-0.05, 0) is 25.0 Å². The van der Waals surface area contributed by atoms with E-state index in [1.54, 1.807) is 4.90 Å². The minimum absolute atomic E-state index is 0.178. The second kappa shape index (κ2) is 7.95. The van der Waals surface area contributed by atoms with Crippen LogP contribution in [0.2, 0.25) is 0 Å². The molecule has 1 aliphatic rings. The van der Waals surface area contributed by atoms with Gasteiger partial charge in [0.05, 0.1) is 12.2 Å². The molecule has 1 amide bonds. The van der Waals surface area contributed by atoms with Gasteiger partial charge in [0, 0.05) is 12.0 Å². The van der Waals surface area contributed by atoms with E-state index in [-0.39, 0.29) is 11.6 Å². The maximum absolute atomic E-state index is 12.9. The predicted octanol–water partition coefficient (Wildman–Crippen LogP) is 3.98. The number of nitrogens with zero attached hydrogens (tertiary/aromatic N) is 2. The number of anilines is 1. The van der Waals surface area contributed by atoms with Crippen molar-refractivity contribution in [3.05, 3.63) is 65.2 Å². The molecule has 0 fully saturated rings. The minimum Gasteiger partial charge on any atom is -0.317 e. The van der Waals surface area contributed by atoms with Crippen molar-refractivity contribution < 1.29 is 14.4 Å². The monoisotopic (exact) mass is 350 g/mol. The zero-order valence-electron chi connectivity index (χ0n) is 15.1. The lowest BCUT2D eigenvalue weighted by atomic mass is 10.1. The Morgan fingerprint density at radius 2 is 1.85 bits per heavy atom. The summed E-state index contributed by atoms with van der Waals surface area (Å²) in [4.78, 5) is 31.2. The number of carbonyl (C=O) groups excluding carboxylic acids is 2. The first-order valence-corrected chi connectivity index (χ1v) is 8.84. The molecule has 134 valence electrons. The summed E-state index contributed by atoms with van der Waals surface area (Å²) in [5.74, 6) is -0.670. The zero-order valence-corrected chi connectivity index (χ0v) is 15.1. The SMILES string of the molecule is CCCCC(=O)O/N=C1/C(=O)N(Cc2ccc(C)cc2)c2ccccc21. The van der Waals surface area contributed by atoms with Gasteiger partial charge in [0.1, 0.15) is 0 Å². The Balaban J connectivity index is 1.83. The molecule has 2 aromatic rings. The van der Waals surface area contributed by atoms with Gasteiger partial charge in [0.25, 0.3) is 5.91 Å². The number of benzene rings is 2. The number of oxime groups is 1. The number of aryl methyl sites for hydroxylation is 1. The Hall–Kier alpha value is -2.95. The summed E-state index contributed by atoms with van der Waals surface area (Å²) in [5, 5.41) is 3.88. The van der Waals surface area contributed by atoms with Gasteiger partial charge >= 0.3 is 5.97 Å². The van der Waals surface area contributed by atoms with Crippen LogP contribution in [0.15, 0.2) is 53.7 Å². The molecule has 0 spiro atoms. The highest BCUT2D eigenvalue weighted by Gasteiger charge is 2.34. The smallest absolute Gasteiger partial charge is 0.317 e. The van der Waals surface area contributed by atoms with E-state index in [0.717, 1.165) is 24.1 Å². The number of hydrogen-bond donors (Lipinski definition) is 0. The van der Waals surface area contributed by atoms with Crippen LogP contribution >= 0.6 is 0 Å². The fourth-order valence-corrected chi connectivity index (χ4v) is 2.85. The number of carbonyl (C=O) groups is 2. The number of unbranched alkanes of at least 4 members (excludes halogenated alkanes) is 1. The van der Waals surface area contributed by atoms with Crippen molar-refractivity contribution >= 4 is 23.3 Å². The lowest BCUT2D eigenvalue weighted by Crippen LogP contribution is -2.29. The molecule has 5 nitrogen and oxygen atoms in total. The van der Waals surface area contributed by atoms with Crippen molar-refractivity contribution in [2.45, 2.75) is 39.7 Å². The zero-order chi connectivity index (χ0) is 18.5. The molecule has 2 aromatic carbocycles. The van der Waals surface area contributed by atoms with E-state index in [0.29, 0.717) is 18.5 Å². The highest BCUT2D eigenvalue weighted by atomic mass is 16.7. The van der Waals surface area contributed by atoms with Crippen LogP contribution in [0.5, 0.6) is 0 Å². The largest absolute Gasteiger partial charge is 0.335 e. The first-order chi connectivity index (χ1) is 12.6. The lowest BCUT2D eigenvalue weighted by Gasteiger charge is -2.16. The van der Waals surface area contributed by atoms with Crippen LogP contribution in [0.1, 0.15) is 42.9 Å². The topological polar surface area (TPSA) is 59.0 Å². The van der Waals surface area contributed by atoms with E-state index in [9.17, 15) is 9.59 Å². The van der Waals surface area contributed by atoms with Gasteiger partial charge in [0.2, 0.25) is 0 Å². The van der Waals surface area contributed by atoms with Gasteiger partial charge in [0.15, 0.2) is 5.71 Å². The van der Waals surface area contributed by atoms with Crippen LogP contribution in [0.25, 0.3) is 0 Å². The van der Waals surface area contributed by atoms with E-state index in [2.05, 4.69) is 5.16 Å². The summed E-state index contributed by atoms with van der Waals surface area (Å²) in [6.45, 7) is 4.47. The second-order valence-corrected chi connectivity index (χ2v) is 6.40. The van der Waals surface area contributed by atoms with E-state index in [4.69, 9.17) is 4.84 Å². The third-order valence-electron chi connectivity index (χ3n) is 4.33. The van der Waals surface area contributed by atoms with E-state index >= 15 is 0 Å². The lowest BCUT2D eigenvalue weighted by molar-refractivity contribution is -0.143. The van der Waals surface area contributed by atoms with E-state index < -0.39 is 5.97 Å². The van der Waals surface area contributed by atoms with Crippen molar-refractivity contribution in [3.63, 3.8) is 0 Å². The first-order valence-electron chi connectivity index (χ1n) is 8.84. The maximum atomic E-state index is 12.9. The average Bonchev–Trinajstić information content (AvgIpc) is 2.91. The quantitative estimate of drug-likeness (QED) is 0.585. The van der Waals surface area contributed by atoms with Crippen LogP contribution in [-0.2, 0) is 21.0 Å². The second-order valence-electron chi connectivity index (χ2n) is 6.40. The number of rotatable bonds is 6. The van der Waals surface area contributed by atoms with E-state index in [1.165, 1.54) is 5.56 Å². The number of para-hydroxylation sites is 1. The normalized spacial score (nSPS) is 14.6. The van der Waals surface area contributed by atoms with Crippen molar-refractivity contribution in [3.8, 4) is 0 Å². The van der Waals surface area contributed by atoms with Crippen LogP contribution < -0.4 is 4.90 Å². The number of fused-ring (bicyclic) bond motifs is 1. The summed E-state index contributed by atoms with van der Waals surface area (Å²) in [7, 11) is 0. The highest BCUT2D eigenvalue weighted by molar-refractivity contribution is 6.54. The molecule has 1 aliphatic heterocycles. The van der Waals surface area contributed by atoms with Crippen LogP contribution in [0.4, 0.5) is 5.69 Å². The molecule has 26 heavy (non-hydrogen) atoms.